The molecule has 0 unspecified atom stereocenters. The summed E-state index contributed by atoms with van der Waals surface area (Å²) in [4.78, 5) is 23.5. The molecule has 0 aliphatic rings. The summed E-state index contributed by atoms with van der Waals surface area (Å²) in [6.45, 7) is 5.34. The van der Waals surface area contributed by atoms with Gasteiger partial charge >= 0.3 is 0 Å². The molecular weight excluding hydrogens is 316 g/mol. The Morgan fingerprint density at radius 1 is 1.13 bits per heavy atom. The molecule has 1 aromatic rings. The Morgan fingerprint density at radius 3 is 2.26 bits per heavy atom. The third-order valence-corrected chi connectivity index (χ3v) is 3.72. The Balaban J connectivity index is 2.87. The summed E-state index contributed by atoms with van der Waals surface area (Å²) in [6.07, 6.45) is 2.77. The summed E-state index contributed by atoms with van der Waals surface area (Å²) < 4.78 is 0. The number of aliphatic hydroxyl groups is 1. The predicted octanol–water partition coefficient (Wildman–Crippen LogP) is 3.96. The molecule has 0 spiro atoms. The van der Waals surface area contributed by atoms with Crippen LogP contribution in [0.25, 0.3) is 0 Å². The van der Waals surface area contributed by atoms with Crippen molar-refractivity contribution < 1.29 is 14.7 Å². The van der Waals surface area contributed by atoms with Crippen LogP contribution in [-0.4, -0.2) is 22.5 Å². The van der Waals surface area contributed by atoms with Crippen LogP contribution in [0.3, 0.4) is 0 Å². The third kappa shape index (κ3) is 6.59. The van der Waals surface area contributed by atoms with Gasteiger partial charge in [-0.05, 0) is 31.0 Å². The zero-order valence-corrected chi connectivity index (χ0v) is 14.7. The smallest absolute Gasteiger partial charge is 0.227 e. The number of anilines is 2. The van der Waals surface area contributed by atoms with Crippen LogP contribution in [0.2, 0.25) is 5.02 Å². The lowest BCUT2D eigenvalue weighted by Gasteiger charge is -2.27. The zero-order valence-electron chi connectivity index (χ0n) is 13.9. The minimum absolute atomic E-state index is 0.0146. The number of hydrogen-bond acceptors (Lipinski definition) is 3. The van der Waals surface area contributed by atoms with Crippen molar-refractivity contribution in [2.45, 2.75) is 58.5 Å². The van der Waals surface area contributed by atoms with Crippen LogP contribution < -0.4 is 10.6 Å². The molecule has 5 nitrogen and oxygen atoms in total. The van der Waals surface area contributed by atoms with Gasteiger partial charge in [0.15, 0.2) is 0 Å². The maximum absolute atomic E-state index is 12.3. The quantitative estimate of drug-likeness (QED) is 0.670. The van der Waals surface area contributed by atoms with E-state index in [2.05, 4.69) is 10.6 Å². The number of hydrogen-bond donors (Lipinski definition) is 3. The molecule has 0 heterocycles. The summed E-state index contributed by atoms with van der Waals surface area (Å²) in [5, 5.41) is 16.4. The van der Waals surface area contributed by atoms with Gasteiger partial charge < -0.3 is 15.7 Å². The van der Waals surface area contributed by atoms with Gasteiger partial charge in [-0.3, -0.25) is 9.59 Å². The van der Waals surface area contributed by atoms with Crippen molar-refractivity contribution in [1.82, 2.24) is 0 Å². The van der Waals surface area contributed by atoms with Crippen LogP contribution in [0.15, 0.2) is 18.2 Å². The molecule has 0 saturated heterocycles. The van der Waals surface area contributed by atoms with E-state index in [1.807, 2.05) is 13.8 Å². The second kappa shape index (κ2) is 8.89. The molecule has 1 rings (SSSR count). The predicted molar refractivity (Wildman–Crippen MR) is 93.8 cm³/mol. The molecule has 0 saturated carbocycles. The number of nitrogens with one attached hydrogen (secondary N) is 2. The molecule has 1 aromatic carbocycles. The van der Waals surface area contributed by atoms with Crippen LogP contribution in [0.4, 0.5) is 11.4 Å². The molecule has 2 amide bonds. The Hall–Kier alpha value is -1.59. The van der Waals surface area contributed by atoms with Gasteiger partial charge in [-0.25, -0.2) is 0 Å². The first kappa shape index (κ1) is 19.5. The monoisotopic (exact) mass is 340 g/mol. The van der Waals surface area contributed by atoms with Crippen molar-refractivity contribution in [3.8, 4) is 0 Å². The van der Waals surface area contributed by atoms with Crippen LogP contribution >= 0.6 is 11.6 Å². The second-order valence-electron chi connectivity index (χ2n) is 5.82. The Morgan fingerprint density at radius 2 is 1.74 bits per heavy atom. The van der Waals surface area contributed by atoms with Gasteiger partial charge in [0.25, 0.3) is 0 Å². The maximum Gasteiger partial charge on any atom is 0.227 e. The molecule has 6 heteroatoms. The third-order valence-electron chi connectivity index (χ3n) is 3.49. The van der Waals surface area contributed by atoms with E-state index in [1.165, 1.54) is 6.92 Å². The number of rotatable bonds is 8. The van der Waals surface area contributed by atoms with Crippen molar-refractivity contribution in [3.63, 3.8) is 0 Å². The van der Waals surface area contributed by atoms with E-state index in [0.717, 1.165) is 12.8 Å². The molecule has 0 aliphatic carbocycles. The standard InChI is InChI=1S/C17H25ClN2O3/c1-4-8-17(23,9-5-2)11-16(22)20-15-10-13(18)6-7-14(15)19-12(3)21/h6-7,10,23H,4-5,8-9,11H2,1-3H3,(H,19,21)(H,20,22). The van der Waals surface area contributed by atoms with E-state index in [9.17, 15) is 14.7 Å². The molecule has 128 valence electrons. The van der Waals surface area contributed by atoms with E-state index in [-0.39, 0.29) is 18.2 Å². The second-order valence-corrected chi connectivity index (χ2v) is 6.26. The normalized spacial score (nSPS) is 11.2. The van der Waals surface area contributed by atoms with E-state index >= 15 is 0 Å². The molecule has 0 fully saturated rings. The largest absolute Gasteiger partial charge is 0.389 e. The number of carbonyl (C=O) groups is 2. The molecule has 23 heavy (non-hydrogen) atoms. The van der Waals surface area contributed by atoms with Crippen molar-refractivity contribution in [1.29, 1.82) is 0 Å². The Kier molecular flexibility index (Phi) is 7.52. The first-order chi connectivity index (χ1) is 10.8. The van der Waals surface area contributed by atoms with E-state index in [0.29, 0.717) is 29.2 Å². The van der Waals surface area contributed by atoms with Crippen molar-refractivity contribution >= 4 is 34.8 Å². The average molecular weight is 341 g/mol. The molecular formula is C17H25ClN2O3. The highest BCUT2D eigenvalue weighted by Gasteiger charge is 2.28. The SMILES string of the molecule is CCCC(O)(CCC)CC(=O)Nc1cc(Cl)ccc1NC(C)=O. The summed E-state index contributed by atoms with van der Waals surface area (Å²) >= 11 is 5.96. The fraction of sp³-hybridized carbons (Fsp3) is 0.529. The van der Waals surface area contributed by atoms with E-state index in [1.54, 1.807) is 18.2 Å². The van der Waals surface area contributed by atoms with Gasteiger partial charge in [0.05, 0.1) is 23.4 Å². The molecule has 0 aliphatic heterocycles. The van der Waals surface area contributed by atoms with Crippen LogP contribution in [0.5, 0.6) is 0 Å². The molecule has 0 bridgehead atoms. The van der Waals surface area contributed by atoms with Gasteiger partial charge in [0.1, 0.15) is 0 Å². The summed E-state index contributed by atoms with van der Waals surface area (Å²) in [5.41, 5.74) is -0.0989. The van der Waals surface area contributed by atoms with Crippen molar-refractivity contribution in [2.75, 3.05) is 10.6 Å². The lowest BCUT2D eigenvalue weighted by molar-refractivity contribution is -0.121. The van der Waals surface area contributed by atoms with Crippen molar-refractivity contribution in [2.24, 2.45) is 0 Å². The van der Waals surface area contributed by atoms with E-state index in [4.69, 9.17) is 11.6 Å². The molecule has 3 N–H and O–H groups in total. The molecule has 0 aromatic heterocycles. The summed E-state index contributed by atoms with van der Waals surface area (Å²) in [5.74, 6) is -0.542. The number of benzene rings is 1. The fourth-order valence-electron chi connectivity index (χ4n) is 2.64. The Labute approximate surface area is 142 Å². The topological polar surface area (TPSA) is 78.4 Å². The minimum Gasteiger partial charge on any atom is -0.389 e. The highest BCUT2D eigenvalue weighted by atomic mass is 35.5. The van der Waals surface area contributed by atoms with E-state index < -0.39 is 5.60 Å². The van der Waals surface area contributed by atoms with Crippen LogP contribution in [0, 0.1) is 0 Å². The first-order valence-electron chi connectivity index (χ1n) is 7.89. The lowest BCUT2D eigenvalue weighted by atomic mass is 9.89. The Bertz CT molecular complexity index is 555. The molecule has 0 radical (unpaired) electrons. The van der Waals surface area contributed by atoms with Gasteiger partial charge in [-0.15, -0.1) is 0 Å². The number of halogens is 1. The lowest BCUT2D eigenvalue weighted by Crippen LogP contribution is -2.34. The molecule has 0 atom stereocenters. The summed E-state index contributed by atoms with van der Waals surface area (Å²) in [6, 6.07) is 4.83. The first-order valence-corrected chi connectivity index (χ1v) is 8.27. The van der Waals surface area contributed by atoms with Gasteiger partial charge in [0.2, 0.25) is 11.8 Å². The zero-order chi connectivity index (χ0) is 17.5. The van der Waals surface area contributed by atoms with Crippen LogP contribution in [-0.2, 0) is 9.59 Å². The fourth-order valence-corrected chi connectivity index (χ4v) is 2.82. The van der Waals surface area contributed by atoms with Crippen molar-refractivity contribution in [3.05, 3.63) is 23.2 Å². The highest BCUT2D eigenvalue weighted by Crippen LogP contribution is 2.28. The van der Waals surface area contributed by atoms with Gasteiger partial charge in [-0.1, -0.05) is 38.3 Å². The maximum atomic E-state index is 12.3. The van der Waals surface area contributed by atoms with Gasteiger partial charge in [0, 0.05) is 11.9 Å². The number of carbonyl (C=O) groups excluding carboxylic acids is 2. The number of amides is 2. The van der Waals surface area contributed by atoms with Crippen LogP contribution in [0.1, 0.15) is 52.9 Å². The summed E-state index contributed by atoms with van der Waals surface area (Å²) in [7, 11) is 0. The average Bonchev–Trinajstić information content (AvgIpc) is 2.41. The minimum atomic E-state index is -1.000. The highest BCUT2D eigenvalue weighted by molar-refractivity contribution is 6.31. The van der Waals surface area contributed by atoms with Gasteiger partial charge in [-0.2, -0.15) is 0 Å².